The van der Waals surface area contributed by atoms with Crippen LogP contribution in [0.2, 0.25) is 5.02 Å². The van der Waals surface area contributed by atoms with E-state index in [1.807, 2.05) is 0 Å². The van der Waals surface area contributed by atoms with E-state index < -0.39 is 30.9 Å². The second-order valence-electron chi connectivity index (χ2n) is 5.91. The maximum atomic E-state index is 12.2. The molecule has 0 aliphatic carbocycles. The van der Waals surface area contributed by atoms with Crippen molar-refractivity contribution in [1.82, 2.24) is 5.32 Å². The van der Waals surface area contributed by atoms with Gasteiger partial charge in [0.15, 0.2) is 6.61 Å². The van der Waals surface area contributed by atoms with Crippen molar-refractivity contribution in [2.24, 2.45) is 0 Å². The standard InChI is InChI=1S/C20H21ClN2O6/c1-12-16(21)5-4-6-17(12)23-18(24)11-29-19(25)10-22-20(26)13-7-14(27-2)9-15(8-13)28-3/h4-9H,10-11H2,1-3H3,(H,22,26)(H,23,24). The number of rotatable bonds is 8. The SMILES string of the molecule is COc1cc(OC)cc(C(=O)NCC(=O)OCC(=O)Nc2cccc(Cl)c2C)c1. The van der Waals surface area contributed by atoms with Crippen LogP contribution in [-0.2, 0) is 14.3 Å². The smallest absolute Gasteiger partial charge is 0.325 e. The van der Waals surface area contributed by atoms with E-state index in [0.717, 1.165) is 0 Å². The highest BCUT2D eigenvalue weighted by Gasteiger charge is 2.14. The summed E-state index contributed by atoms with van der Waals surface area (Å²) in [5.41, 5.74) is 1.48. The first kappa shape index (κ1) is 22.0. The number of amides is 2. The van der Waals surface area contributed by atoms with Gasteiger partial charge in [-0.25, -0.2) is 0 Å². The van der Waals surface area contributed by atoms with Crippen LogP contribution in [0.25, 0.3) is 0 Å². The fourth-order valence-electron chi connectivity index (χ4n) is 2.32. The first-order chi connectivity index (χ1) is 13.8. The zero-order chi connectivity index (χ0) is 21.4. The molecule has 2 N–H and O–H groups in total. The molecule has 0 bridgehead atoms. The lowest BCUT2D eigenvalue weighted by molar-refractivity contribution is -0.146. The molecule has 29 heavy (non-hydrogen) atoms. The van der Waals surface area contributed by atoms with Gasteiger partial charge >= 0.3 is 5.97 Å². The Morgan fingerprint density at radius 1 is 1.03 bits per heavy atom. The molecule has 2 amide bonds. The molecule has 0 saturated heterocycles. The van der Waals surface area contributed by atoms with Gasteiger partial charge in [-0.05, 0) is 36.8 Å². The number of carbonyl (C=O) groups excluding carboxylic acids is 3. The third-order valence-corrected chi connectivity index (χ3v) is 4.32. The lowest BCUT2D eigenvalue weighted by atomic mass is 10.2. The Labute approximate surface area is 173 Å². The number of nitrogens with one attached hydrogen (secondary N) is 2. The molecular formula is C20H21ClN2O6. The lowest BCUT2D eigenvalue weighted by Crippen LogP contribution is -2.32. The molecule has 0 fully saturated rings. The van der Waals surface area contributed by atoms with Gasteiger partial charge in [-0.3, -0.25) is 14.4 Å². The molecule has 0 aromatic heterocycles. The molecule has 0 aliphatic rings. The van der Waals surface area contributed by atoms with Crippen LogP contribution in [0, 0.1) is 6.92 Å². The Kier molecular flexibility index (Phi) is 7.85. The highest BCUT2D eigenvalue weighted by atomic mass is 35.5. The number of benzene rings is 2. The molecule has 0 spiro atoms. The third-order valence-electron chi connectivity index (χ3n) is 3.91. The van der Waals surface area contributed by atoms with Gasteiger partial charge in [0, 0.05) is 22.3 Å². The molecule has 0 heterocycles. The van der Waals surface area contributed by atoms with E-state index in [0.29, 0.717) is 27.8 Å². The van der Waals surface area contributed by atoms with Gasteiger partial charge in [-0.2, -0.15) is 0 Å². The monoisotopic (exact) mass is 420 g/mol. The molecule has 0 atom stereocenters. The van der Waals surface area contributed by atoms with Crippen molar-refractivity contribution in [2.75, 3.05) is 32.7 Å². The summed E-state index contributed by atoms with van der Waals surface area (Å²) < 4.78 is 15.1. The number of anilines is 1. The van der Waals surface area contributed by atoms with Crippen LogP contribution in [-0.4, -0.2) is 45.2 Å². The van der Waals surface area contributed by atoms with Gasteiger partial charge in [0.2, 0.25) is 0 Å². The van der Waals surface area contributed by atoms with Gasteiger partial charge in [-0.15, -0.1) is 0 Å². The first-order valence-electron chi connectivity index (χ1n) is 8.56. The molecule has 2 rings (SSSR count). The zero-order valence-corrected chi connectivity index (χ0v) is 17.0. The van der Waals surface area contributed by atoms with E-state index in [4.69, 9.17) is 25.8 Å². The minimum absolute atomic E-state index is 0.253. The van der Waals surface area contributed by atoms with Crippen LogP contribution in [0.3, 0.4) is 0 Å². The van der Waals surface area contributed by atoms with Crippen molar-refractivity contribution in [3.63, 3.8) is 0 Å². The van der Waals surface area contributed by atoms with Gasteiger partial charge in [-0.1, -0.05) is 17.7 Å². The molecule has 0 radical (unpaired) electrons. The Bertz CT molecular complexity index is 894. The van der Waals surface area contributed by atoms with Crippen molar-refractivity contribution in [2.45, 2.75) is 6.92 Å². The van der Waals surface area contributed by atoms with Crippen molar-refractivity contribution < 1.29 is 28.6 Å². The summed E-state index contributed by atoms with van der Waals surface area (Å²) in [6.45, 7) is 0.864. The molecule has 0 aliphatic heterocycles. The third kappa shape index (κ3) is 6.39. The molecule has 0 unspecified atom stereocenters. The number of methoxy groups -OCH3 is 2. The summed E-state index contributed by atoms with van der Waals surface area (Å²) in [5.74, 6) is -0.924. The van der Waals surface area contributed by atoms with Crippen LogP contribution in [0.1, 0.15) is 15.9 Å². The van der Waals surface area contributed by atoms with Crippen LogP contribution in [0.5, 0.6) is 11.5 Å². The Hall–Kier alpha value is -3.26. The van der Waals surface area contributed by atoms with Crippen molar-refractivity contribution in [3.05, 3.63) is 52.5 Å². The van der Waals surface area contributed by atoms with Gasteiger partial charge in [0.05, 0.1) is 14.2 Å². The largest absolute Gasteiger partial charge is 0.497 e. The molecule has 9 heteroatoms. The molecule has 2 aromatic carbocycles. The van der Waals surface area contributed by atoms with Crippen LogP contribution in [0.4, 0.5) is 5.69 Å². The van der Waals surface area contributed by atoms with Crippen molar-refractivity contribution >= 4 is 35.1 Å². The average Bonchev–Trinajstić information content (AvgIpc) is 2.73. The summed E-state index contributed by atoms with van der Waals surface area (Å²) in [4.78, 5) is 36.0. The van der Waals surface area contributed by atoms with Crippen molar-refractivity contribution in [1.29, 1.82) is 0 Å². The van der Waals surface area contributed by atoms with E-state index in [1.54, 1.807) is 31.2 Å². The predicted molar refractivity (Wildman–Crippen MR) is 108 cm³/mol. The second kappa shape index (κ2) is 10.3. The van der Waals surface area contributed by atoms with Crippen LogP contribution >= 0.6 is 11.6 Å². The number of esters is 1. The maximum Gasteiger partial charge on any atom is 0.325 e. The number of carbonyl (C=O) groups is 3. The molecule has 0 saturated carbocycles. The molecular weight excluding hydrogens is 400 g/mol. The van der Waals surface area contributed by atoms with E-state index in [9.17, 15) is 14.4 Å². The number of hydrogen-bond acceptors (Lipinski definition) is 6. The van der Waals surface area contributed by atoms with E-state index >= 15 is 0 Å². The minimum atomic E-state index is -0.758. The maximum absolute atomic E-state index is 12.2. The van der Waals surface area contributed by atoms with Gasteiger partial charge < -0.3 is 24.8 Å². The quantitative estimate of drug-likeness (QED) is 0.636. The van der Waals surface area contributed by atoms with E-state index in [1.165, 1.54) is 26.4 Å². The molecule has 2 aromatic rings. The number of hydrogen-bond donors (Lipinski definition) is 2. The van der Waals surface area contributed by atoms with Crippen molar-refractivity contribution in [3.8, 4) is 11.5 Å². The average molecular weight is 421 g/mol. The Balaban J connectivity index is 1.83. The second-order valence-corrected chi connectivity index (χ2v) is 6.31. The lowest BCUT2D eigenvalue weighted by Gasteiger charge is -2.11. The topological polar surface area (TPSA) is 103 Å². The molecule has 154 valence electrons. The number of ether oxygens (including phenoxy) is 3. The summed E-state index contributed by atoms with van der Waals surface area (Å²) in [6, 6.07) is 9.70. The van der Waals surface area contributed by atoms with Gasteiger partial charge in [0.1, 0.15) is 18.0 Å². The zero-order valence-electron chi connectivity index (χ0n) is 16.2. The fourth-order valence-corrected chi connectivity index (χ4v) is 2.49. The summed E-state index contributed by atoms with van der Waals surface area (Å²) in [7, 11) is 2.92. The van der Waals surface area contributed by atoms with E-state index in [-0.39, 0.29) is 5.56 Å². The summed E-state index contributed by atoms with van der Waals surface area (Å²) in [6.07, 6.45) is 0. The minimum Gasteiger partial charge on any atom is -0.497 e. The van der Waals surface area contributed by atoms with Crippen LogP contribution < -0.4 is 20.1 Å². The predicted octanol–water partition coefficient (Wildman–Crippen LogP) is 2.58. The van der Waals surface area contributed by atoms with Crippen LogP contribution in [0.15, 0.2) is 36.4 Å². The summed E-state index contributed by atoms with van der Waals surface area (Å²) >= 11 is 5.99. The molecule has 8 nitrogen and oxygen atoms in total. The van der Waals surface area contributed by atoms with E-state index in [2.05, 4.69) is 10.6 Å². The Morgan fingerprint density at radius 2 is 1.69 bits per heavy atom. The fraction of sp³-hybridized carbons (Fsp3) is 0.250. The Morgan fingerprint density at radius 3 is 2.31 bits per heavy atom. The normalized spacial score (nSPS) is 10.1. The number of halogens is 1. The highest BCUT2D eigenvalue weighted by Crippen LogP contribution is 2.23. The van der Waals surface area contributed by atoms with Gasteiger partial charge in [0.25, 0.3) is 11.8 Å². The summed E-state index contributed by atoms with van der Waals surface area (Å²) in [5, 5.41) is 5.54. The first-order valence-corrected chi connectivity index (χ1v) is 8.93. The highest BCUT2D eigenvalue weighted by molar-refractivity contribution is 6.31.